The van der Waals surface area contributed by atoms with Gasteiger partial charge in [0.1, 0.15) is 10.7 Å². The maximum absolute atomic E-state index is 13.9. The number of rotatable bonds is 5. The van der Waals surface area contributed by atoms with Crippen LogP contribution in [0.5, 0.6) is 0 Å². The van der Waals surface area contributed by atoms with Crippen molar-refractivity contribution in [1.82, 2.24) is 9.80 Å². The number of fused-ring (bicyclic) bond motifs is 1. The lowest BCUT2D eigenvalue weighted by molar-refractivity contribution is -0.145. The third-order valence-corrected chi connectivity index (χ3v) is 7.98. The number of allylic oxidation sites excluding steroid dienone is 2. The van der Waals surface area contributed by atoms with E-state index in [2.05, 4.69) is 4.72 Å². The minimum absolute atomic E-state index is 0.150. The smallest absolute Gasteiger partial charge is 0.264 e. The molecule has 3 amide bonds. The van der Waals surface area contributed by atoms with Crippen molar-refractivity contribution in [2.45, 2.75) is 23.8 Å². The summed E-state index contributed by atoms with van der Waals surface area (Å²) in [6.45, 7) is 0.537. The Hall–Kier alpha value is -3.53. The topological polar surface area (TPSA) is 104 Å². The van der Waals surface area contributed by atoms with Crippen LogP contribution in [0.15, 0.2) is 65.6 Å². The van der Waals surface area contributed by atoms with Gasteiger partial charge in [0, 0.05) is 24.3 Å². The van der Waals surface area contributed by atoms with E-state index >= 15 is 0 Å². The highest BCUT2D eigenvalue weighted by Crippen LogP contribution is 2.37. The molecule has 34 heavy (non-hydrogen) atoms. The molecule has 0 bridgehead atoms. The van der Waals surface area contributed by atoms with E-state index in [0.29, 0.717) is 18.4 Å². The maximum Gasteiger partial charge on any atom is 0.264 e. The lowest BCUT2D eigenvalue weighted by Gasteiger charge is -2.43. The predicted molar refractivity (Wildman–Crippen MR) is 121 cm³/mol. The van der Waals surface area contributed by atoms with E-state index in [-0.39, 0.29) is 54.4 Å². The second-order valence-corrected chi connectivity index (χ2v) is 10.3. The van der Waals surface area contributed by atoms with E-state index in [0.717, 1.165) is 12.1 Å². The third-order valence-electron chi connectivity index (χ3n) is 6.57. The van der Waals surface area contributed by atoms with E-state index in [1.807, 2.05) is 12.2 Å². The largest absolute Gasteiger partial charge is 0.334 e. The summed E-state index contributed by atoms with van der Waals surface area (Å²) in [5.41, 5.74) is 0.523. The predicted octanol–water partition coefficient (Wildman–Crippen LogP) is 2.40. The molecule has 1 aliphatic carbocycles. The fraction of sp³-hybridized carbons (Fsp3) is 0.292. The van der Waals surface area contributed by atoms with E-state index < -0.39 is 20.7 Å². The van der Waals surface area contributed by atoms with Gasteiger partial charge in [0.2, 0.25) is 11.8 Å². The molecule has 3 aliphatic rings. The quantitative estimate of drug-likeness (QED) is 0.520. The van der Waals surface area contributed by atoms with Gasteiger partial charge in [0.05, 0.1) is 17.9 Å². The first-order valence-electron chi connectivity index (χ1n) is 10.9. The summed E-state index contributed by atoms with van der Waals surface area (Å²) in [7, 11) is -4.12. The second kappa shape index (κ2) is 8.35. The molecule has 10 heteroatoms. The number of nitrogens with one attached hydrogen (secondary N) is 1. The number of imide groups is 1. The highest BCUT2D eigenvalue weighted by molar-refractivity contribution is 7.92. The van der Waals surface area contributed by atoms with Gasteiger partial charge in [-0.1, -0.05) is 24.3 Å². The Labute approximate surface area is 196 Å². The van der Waals surface area contributed by atoms with Gasteiger partial charge in [-0.05, 0) is 49.2 Å². The van der Waals surface area contributed by atoms with Crippen molar-refractivity contribution in [1.29, 1.82) is 0 Å². The molecule has 0 spiro atoms. The zero-order valence-electron chi connectivity index (χ0n) is 18.1. The van der Waals surface area contributed by atoms with Gasteiger partial charge in [0.15, 0.2) is 0 Å². The molecule has 8 nitrogen and oxygen atoms in total. The molecule has 0 aromatic heterocycles. The molecular weight excluding hydrogens is 461 g/mol. The number of carbonyl (C=O) groups excluding carboxylic acids is 3. The first-order valence-corrected chi connectivity index (χ1v) is 12.4. The number of nitrogens with zero attached hydrogens (tertiary/aromatic N) is 2. The van der Waals surface area contributed by atoms with Crippen molar-refractivity contribution in [3.8, 4) is 0 Å². The standard InChI is InChI=1S/C24H22FN3O5S/c25-20-7-3-4-8-21(20)34(32,33)26-16-11-9-15(10-12-16)22(29)27-13-17(14-27)28-23(30)18-5-1-2-6-19(18)24(28)31/h1-4,7-12,17-19,26H,5-6,13-14H2. The molecule has 2 aromatic carbocycles. The molecule has 2 saturated heterocycles. The van der Waals surface area contributed by atoms with Crippen molar-refractivity contribution >= 4 is 33.4 Å². The van der Waals surface area contributed by atoms with Gasteiger partial charge < -0.3 is 4.90 Å². The number of benzene rings is 2. The van der Waals surface area contributed by atoms with Crippen molar-refractivity contribution < 1.29 is 27.2 Å². The molecule has 2 aliphatic heterocycles. The second-order valence-electron chi connectivity index (χ2n) is 8.68. The number of hydrogen-bond donors (Lipinski definition) is 1. The van der Waals surface area contributed by atoms with Crippen LogP contribution in [0.1, 0.15) is 23.2 Å². The van der Waals surface area contributed by atoms with Crippen LogP contribution in [-0.4, -0.2) is 55.1 Å². The average Bonchev–Trinajstić information content (AvgIpc) is 3.04. The Bertz CT molecular complexity index is 1280. The molecule has 176 valence electrons. The molecule has 2 unspecified atom stereocenters. The molecule has 2 fully saturated rings. The van der Waals surface area contributed by atoms with Crippen molar-refractivity contribution in [3.05, 3.63) is 72.1 Å². The maximum atomic E-state index is 13.9. The van der Waals surface area contributed by atoms with Gasteiger partial charge in [-0.3, -0.25) is 24.0 Å². The number of carbonyl (C=O) groups is 3. The van der Waals surface area contributed by atoms with E-state index in [1.54, 1.807) is 4.90 Å². The fourth-order valence-corrected chi connectivity index (χ4v) is 5.85. The summed E-state index contributed by atoms with van der Waals surface area (Å²) < 4.78 is 41.0. The zero-order chi connectivity index (χ0) is 24.0. The van der Waals surface area contributed by atoms with E-state index in [9.17, 15) is 27.2 Å². The highest BCUT2D eigenvalue weighted by atomic mass is 32.2. The van der Waals surface area contributed by atoms with E-state index in [1.165, 1.54) is 41.3 Å². The monoisotopic (exact) mass is 483 g/mol. The van der Waals surface area contributed by atoms with Gasteiger partial charge in [-0.25, -0.2) is 12.8 Å². The Morgan fingerprint density at radius 3 is 2.09 bits per heavy atom. The van der Waals surface area contributed by atoms with Crippen molar-refractivity contribution in [2.75, 3.05) is 17.8 Å². The van der Waals surface area contributed by atoms with Gasteiger partial charge in [-0.2, -0.15) is 0 Å². The molecule has 0 radical (unpaired) electrons. The summed E-state index contributed by atoms with van der Waals surface area (Å²) in [5.74, 6) is -2.02. The van der Waals surface area contributed by atoms with Crippen molar-refractivity contribution in [3.63, 3.8) is 0 Å². The lowest BCUT2D eigenvalue weighted by atomic mass is 9.85. The van der Waals surface area contributed by atoms with Crippen LogP contribution in [0.25, 0.3) is 0 Å². The summed E-state index contributed by atoms with van der Waals surface area (Å²) in [6, 6.07) is 10.5. The first kappa shape index (κ1) is 22.3. The lowest BCUT2D eigenvalue weighted by Crippen LogP contribution is -2.62. The number of sulfonamides is 1. The van der Waals surface area contributed by atoms with Crippen LogP contribution in [0.4, 0.5) is 10.1 Å². The van der Waals surface area contributed by atoms with Crippen LogP contribution >= 0.6 is 0 Å². The SMILES string of the molecule is O=C(c1ccc(NS(=O)(=O)c2ccccc2F)cc1)N1CC(N2C(=O)C3CC=CCC3C2=O)C1. The van der Waals surface area contributed by atoms with Gasteiger partial charge in [0.25, 0.3) is 15.9 Å². The Morgan fingerprint density at radius 2 is 1.50 bits per heavy atom. The van der Waals surface area contributed by atoms with Crippen LogP contribution in [-0.2, 0) is 19.6 Å². The Kier molecular flexibility index (Phi) is 5.47. The molecule has 5 rings (SSSR count). The first-order chi connectivity index (χ1) is 16.3. The molecule has 2 aromatic rings. The minimum atomic E-state index is -4.12. The fourth-order valence-electron chi connectivity index (χ4n) is 4.71. The zero-order valence-corrected chi connectivity index (χ0v) is 18.9. The number of halogens is 1. The molecule has 0 saturated carbocycles. The van der Waals surface area contributed by atoms with Gasteiger partial charge >= 0.3 is 0 Å². The van der Waals surface area contributed by atoms with Gasteiger partial charge in [-0.15, -0.1) is 0 Å². The van der Waals surface area contributed by atoms with Crippen LogP contribution in [0.2, 0.25) is 0 Å². The third kappa shape index (κ3) is 3.77. The van der Waals surface area contributed by atoms with E-state index in [4.69, 9.17) is 0 Å². The van der Waals surface area contributed by atoms with Crippen LogP contribution in [0.3, 0.4) is 0 Å². The summed E-state index contributed by atoms with van der Waals surface area (Å²) >= 11 is 0. The highest BCUT2D eigenvalue weighted by Gasteiger charge is 2.52. The van der Waals surface area contributed by atoms with Crippen LogP contribution < -0.4 is 4.72 Å². The number of likely N-dealkylation sites (tertiary alicyclic amines) is 2. The van der Waals surface area contributed by atoms with Crippen molar-refractivity contribution in [2.24, 2.45) is 11.8 Å². The molecular formula is C24H22FN3O5S. The average molecular weight is 484 g/mol. The molecule has 2 heterocycles. The molecule has 1 N–H and O–H groups in total. The number of hydrogen-bond acceptors (Lipinski definition) is 5. The normalized spacial score (nSPS) is 22.5. The Morgan fingerprint density at radius 1 is 0.912 bits per heavy atom. The van der Waals surface area contributed by atoms with Crippen LogP contribution in [0, 0.1) is 17.7 Å². The summed E-state index contributed by atoms with van der Waals surface area (Å²) in [5, 5.41) is 0. The Balaban J connectivity index is 1.21. The number of anilines is 1. The minimum Gasteiger partial charge on any atom is -0.334 e. The number of amides is 3. The molecule has 2 atom stereocenters. The summed E-state index contributed by atoms with van der Waals surface area (Å²) in [4.78, 5) is 40.6. The summed E-state index contributed by atoms with van der Waals surface area (Å²) in [6.07, 6.45) is 5.03.